The van der Waals surface area contributed by atoms with E-state index in [1.165, 1.54) is 10.5 Å². The molecular weight excluding hydrogens is 204 g/mol. The summed E-state index contributed by atoms with van der Waals surface area (Å²) in [5, 5.41) is 0. The van der Waals surface area contributed by atoms with Crippen LogP contribution in [-0.2, 0) is 0 Å². The number of hydrogen-bond donors (Lipinski definition) is 1. The van der Waals surface area contributed by atoms with Crippen molar-refractivity contribution in [1.82, 2.24) is 4.90 Å². The number of hydrogen-bond acceptors (Lipinski definition) is 3. The topological polar surface area (TPSA) is 29.3 Å². The molecular formula is C12H20N2S. The van der Waals surface area contributed by atoms with E-state index >= 15 is 0 Å². The van der Waals surface area contributed by atoms with Crippen molar-refractivity contribution in [2.75, 3.05) is 26.4 Å². The highest BCUT2D eigenvalue weighted by Gasteiger charge is 2.11. The maximum absolute atomic E-state index is 5.76. The van der Waals surface area contributed by atoms with Crippen molar-refractivity contribution in [2.24, 2.45) is 5.73 Å². The van der Waals surface area contributed by atoms with Gasteiger partial charge in [-0.2, -0.15) is 0 Å². The van der Waals surface area contributed by atoms with Crippen LogP contribution in [0.25, 0.3) is 0 Å². The third-order valence-electron chi connectivity index (χ3n) is 2.42. The Morgan fingerprint density at radius 1 is 1.27 bits per heavy atom. The van der Waals surface area contributed by atoms with Gasteiger partial charge in [-0.1, -0.05) is 19.1 Å². The van der Waals surface area contributed by atoms with E-state index in [0.717, 1.165) is 5.75 Å². The van der Waals surface area contributed by atoms with Crippen LogP contribution in [0, 0.1) is 0 Å². The van der Waals surface area contributed by atoms with Crippen LogP contribution in [-0.4, -0.2) is 31.3 Å². The molecule has 1 atom stereocenters. The van der Waals surface area contributed by atoms with E-state index in [1.807, 2.05) is 11.8 Å². The summed E-state index contributed by atoms with van der Waals surface area (Å²) in [5.41, 5.74) is 7.05. The highest BCUT2D eigenvalue weighted by molar-refractivity contribution is 7.99. The van der Waals surface area contributed by atoms with Crippen molar-refractivity contribution in [1.29, 1.82) is 0 Å². The molecule has 2 N–H and O–H groups in total. The van der Waals surface area contributed by atoms with Crippen molar-refractivity contribution in [2.45, 2.75) is 17.9 Å². The Morgan fingerprint density at radius 2 is 1.87 bits per heavy atom. The first-order valence-corrected chi connectivity index (χ1v) is 6.26. The molecule has 1 aromatic carbocycles. The van der Waals surface area contributed by atoms with Crippen molar-refractivity contribution < 1.29 is 0 Å². The van der Waals surface area contributed by atoms with Crippen LogP contribution in [0.2, 0.25) is 0 Å². The zero-order valence-corrected chi connectivity index (χ0v) is 10.6. The Bertz CT molecular complexity index is 282. The molecule has 0 spiro atoms. The van der Waals surface area contributed by atoms with E-state index in [4.69, 9.17) is 5.73 Å². The predicted molar refractivity (Wildman–Crippen MR) is 68.3 cm³/mol. The lowest BCUT2D eigenvalue weighted by Gasteiger charge is -2.23. The lowest BCUT2D eigenvalue weighted by atomic mass is 10.1. The van der Waals surface area contributed by atoms with Crippen molar-refractivity contribution >= 4 is 11.8 Å². The van der Waals surface area contributed by atoms with Gasteiger partial charge in [0.2, 0.25) is 0 Å². The molecule has 0 heterocycles. The van der Waals surface area contributed by atoms with Gasteiger partial charge in [0.05, 0.1) is 0 Å². The molecule has 0 saturated heterocycles. The molecule has 0 saturated carbocycles. The maximum atomic E-state index is 5.76. The molecule has 1 unspecified atom stereocenters. The number of nitrogens with zero attached hydrogens (tertiary/aromatic N) is 1. The summed E-state index contributed by atoms with van der Waals surface area (Å²) in [7, 11) is 4.12. The van der Waals surface area contributed by atoms with Crippen LogP contribution in [0.4, 0.5) is 0 Å². The van der Waals surface area contributed by atoms with E-state index in [0.29, 0.717) is 12.6 Å². The largest absolute Gasteiger partial charge is 0.329 e. The minimum atomic E-state index is 0.325. The quantitative estimate of drug-likeness (QED) is 0.779. The van der Waals surface area contributed by atoms with Gasteiger partial charge in [0.25, 0.3) is 0 Å². The molecule has 0 aliphatic carbocycles. The number of nitrogens with two attached hydrogens (primary N) is 1. The number of likely N-dealkylation sites (N-methyl/N-ethyl adjacent to an activating group) is 1. The molecule has 1 rings (SSSR count). The summed E-state index contributed by atoms with van der Waals surface area (Å²) < 4.78 is 0. The number of benzene rings is 1. The summed E-state index contributed by atoms with van der Waals surface area (Å²) in [5.74, 6) is 1.12. The third kappa shape index (κ3) is 3.52. The fourth-order valence-corrected chi connectivity index (χ4v) is 2.26. The molecule has 0 aliphatic heterocycles. The van der Waals surface area contributed by atoms with Crippen molar-refractivity contribution in [3.8, 4) is 0 Å². The summed E-state index contributed by atoms with van der Waals surface area (Å²) in [6, 6.07) is 9.03. The smallest absolute Gasteiger partial charge is 0.0464 e. The Morgan fingerprint density at radius 3 is 2.27 bits per heavy atom. The van der Waals surface area contributed by atoms with Gasteiger partial charge < -0.3 is 10.6 Å². The first kappa shape index (κ1) is 12.6. The van der Waals surface area contributed by atoms with Gasteiger partial charge in [-0.15, -0.1) is 11.8 Å². The average Bonchev–Trinajstić information content (AvgIpc) is 2.21. The van der Waals surface area contributed by atoms with Gasteiger partial charge in [0.15, 0.2) is 0 Å². The van der Waals surface area contributed by atoms with E-state index in [2.05, 4.69) is 50.2 Å². The summed E-state index contributed by atoms with van der Waals surface area (Å²) in [6.45, 7) is 2.83. The molecule has 84 valence electrons. The minimum absolute atomic E-state index is 0.325. The highest BCUT2D eigenvalue weighted by Crippen LogP contribution is 2.22. The Labute approximate surface area is 96.8 Å². The van der Waals surface area contributed by atoms with Gasteiger partial charge in [0, 0.05) is 17.5 Å². The van der Waals surface area contributed by atoms with Crippen LogP contribution in [0.1, 0.15) is 18.5 Å². The third-order valence-corrected chi connectivity index (χ3v) is 3.32. The second-order valence-electron chi connectivity index (χ2n) is 3.72. The summed E-state index contributed by atoms with van der Waals surface area (Å²) >= 11 is 1.87. The van der Waals surface area contributed by atoms with E-state index in [1.54, 1.807) is 0 Å². The molecule has 0 aromatic heterocycles. The van der Waals surface area contributed by atoms with Gasteiger partial charge in [-0.05, 0) is 37.5 Å². The molecule has 1 aromatic rings. The molecule has 0 amide bonds. The van der Waals surface area contributed by atoms with Gasteiger partial charge in [-0.25, -0.2) is 0 Å². The molecule has 0 fully saturated rings. The van der Waals surface area contributed by atoms with Gasteiger partial charge in [-0.3, -0.25) is 0 Å². The number of thioether (sulfide) groups is 1. The second kappa shape index (κ2) is 6.16. The highest BCUT2D eigenvalue weighted by atomic mass is 32.2. The first-order chi connectivity index (χ1) is 7.19. The van der Waals surface area contributed by atoms with E-state index in [9.17, 15) is 0 Å². The fourth-order valence-electron chi connectivity index (χ4n) is 1.60. The fraction of sp³-hybridized carbons (Fsp3) is 0.500. The van der Waals surface area contributed by atoms with Crippen LogP contribution in [0.3, 0.4) is 0 Å². The SMILES string of the molecule is CCSc1ccc(C(CN)N(C)C)cc1. The predicted octanol–water partition coefficient (Wildman–Crippen LogP) is 2.36. The lowest BCUT2D eigenvalue weighted by molar-refractivity contribution is 0.306. The van der Waals surface area contributed by atoms with Gasteiger partial charge >= 0.3 is 0 Å². The molecule has 0 bridgehead atoms. The second-order valence-corrected chi connectivity index (χ2v) is 5.05. The molecule has 0 aliphatic rings. The molecule has 3 heteroatoms. The standard InChI is InChI=1S/C12H20N2S/c1-4-15-11-7-5-10(6-8-11)12(9-13)14(2)3/h5-8,12H,4,9,13H2,1-3H3. The van der Waals surface area contributed by atoms with Crippen LogP contribution >= 0.6 is 11.8 Å². The average molecular weight is 224 g/mol. The monoisotopic (exact) mass is 224 g/mol. The van der Waals surface area contributed by atoms with Crippen molar-refractivity contribution in [3.05, 3.63) is 29.8 Å². The Balaban J connectivity index is 2.77. The van der Waals surface area contributed by atoms with Crippen molar-refractivity contribution in [3.63, 3.8) is 0 Å². The Kier molecular flexibility index (Phi) is 5.15. The normalized spacial score (nSPS) is 13.1. The van der Waals surface area contributed by atoms with Crippen LogP contribution in [0.15, 0.2) is 29.2 Å². The first-order valence-electron chi connectivity index (χ1n) is 5.28. The zero-order valence-electron chi connectivity index (χ0n) is 9.73. The molecule has 2 nitrogen and oxygen atoms in total. The summed E-state index contributed by atoms with van der Waals surface area (Å²) in [4.78, 5) is 3.48. The lowest BCUT2D eigenvalue weighted by Crippen LogP contribution is -2.27. The summed E-state index contributed by atoms with van der Waals surface area (Å²) in [6.07, 6.45) is 0. The maximum Gasteiger partial charge on any atom is 0.0464 e. The van der Waals surface area contributed by atoms with E-state index in [-0.39, 0.29) is 0 Å². The van der Waals surface area contributed by atoms with E-state index < -0.39 is 0 Å². The van der Waals surface area contributed by atoms with Gasteiger partial charge in [0.1, 0.15) is 0 Å². The number of rotatable bonds is 5. The molecule has 15 heavy (non-hydrogen) atoms. The minimum Gasteiger partial charge on any atom is -0.329 e. The van der Waals surface area contributed by atoms with Crippen LogP contribution in [0.5, 0.6) is 0 Å². The molecule has 0 radical (unpaired) electrons. The Hall–Kier alpha value is -0.510. The van der Waals surface area contributed by atoms with Crippen LogP contribution < -0.4 is 5.73 Å². The zero-order chi connectivity index (χ0) is 11.3.